The van der Waals surface area contributed by atoms with Crippen molar-refractivity contribution in [1.29, 1.82) is 0 Å². The lowest BCUT2D eigenvalue weighted by Crippen LogP contribution is -2.26. The maximum atomic E-state index is 11.0. The van der Waals surface area contributed by atoms with E-state index < -0.39 is 10.1 Å². The first kappa shape index (κ1) is 12.9. The number of aliphatic imine (C=N–C) groups is 2. The summed E-state index contributed by atoms with van der Waals surface area (Å²) in [5.74, 6) is -0.628. The molecule has 0 aliphatic rings. The van der Waals surface area contributed by atoms with E-state index in [0.717, 1.165) is 0 Å². The lowest BCUT2D eigenvalue weighted by atomic mass is 10.3. The standard InChI is InChI=1S/C8H11N5O3S/c9-7(10)13-8(11)12-5-3-1-2-4-6(5)17(14,15)16/h1-4H,(H,14,15,16)(H6,9,10,11,12,13). The van der Waals surface area contributed by atoms with Crippen LogP contribution in [0.25, 0.3) is 0 Å². The van der Waals surface area contributed by atoms with Crippen molar-refractivity contribution in [2.24, 2.45) is 27.2 Å². The zero-order valence-electron chi connectivity index (χ0n) is 8.61. The first-order chi connectivity index (χ1) is 7.80. The summed E-state index contributed by atoms with van der Waals surface area (Å²) < 4.78 is 31.0. The van der Waals surface area contributed by atoms with E-state index in [1.165, 1.54) is 24.3 Å². The molecule has 1 aromatic rings. The SMILES string of the molecule is NC(N)=NC(N)=Nc1ccccc1S(=O)(=O)O. The predicted octanol–water partition coefficient (Wildman–Crippen LogP) is -0.847. The Labute approximate surface area is 97.6 Å². The third-order valence-electron chi connectivity index (χ3n) is 1.62. The summed E-state index contributed by atoms with van der Waals surface area (Å²) in [6.45, 7) is 0. The number of nitrogens with two attached hydrogens (primary N) is 3. The summed E-state index contributed by atoms with van der Waals surface area (Å²) in [7, 11) is -4.38. The third-order valence-corrected chi connectivity index (χ3v) is 2.52. The molecule has 0 aliphatic carbocycles. The van der Waals surface area contributed by atoms with Crippen LogP contribution >= 0.6 is 0 Å². The number of nitrogens with zero attached hydrogens (tertiary/aromatic N) is 2. The van der Waals surface area contributed by atoms with Gasteiger partial charge in [-0.1, -0.05) is 12.1 Å². The molecule has 0 atom stereocenters. The minimum absolute atomic E-state index is 0.0579. The fourth-order valence-electron chi connectivity index (χ4n) is 1.05. The summed E-state index contributed by atoms with van der Waals surface area (Å²) in [6, 6.07) is 5.48. The lowest BCUT2D eigenvalue weighted by molar-refractivity contribution is 0.483. The van der Waals surface area contributed by atoms with Gasteiger partial charge in [0, 0.05) is 0 Å². The van der Waals surface area contributed by atoms with Gasteiger partial charge >= 0.3 is 0 Å². The number of hydrogen-bond acceptors (Lipinski definition) is 3. The predicted molar refractivity (Wildman–Crippen MR) is 63.3 cm³/mol. The number of guanidine groups is 2. The van der Waals surface area contributed by atoms with Crippen LogP contribution in [-0.4, -0.2) is 24.9 Å². The molecule has 1 aromatic carbocycles. The first-order valence-electron chi connectivity index (χ1n) is 4.31. The van der Waals surface area contributed by atoms with Gasteiger partial charge in [-0.25, -0.2) is 4.99 Å². The smallest absolute Gasteiger partial charge is 0.296 e. The van der Waals surface area contributed by atoms with Gasteiger partial charge in [-0.05, 0) is 12.1 Å². The summed E-state index contributed by atoms with van der Waals surface area (Å²) in [6.07, 6.45) is 0. The Balaban J connectivity index is 3.30. The van der Waals surface area contributed by atoms with E-state index >= 15 is 0 Å². The van der Waals surface area contributed by atoms with Crippen molar-refractivity contribution >= 4 is 27.7 Å². The number of rotatable bonds is 2. The molecule has 0 bridgehead atoms. The average molecular weight is 257 g/mol. The zero-order chi connectivity index (χ0) is 13.1. The molecule has 8 nitrogen and oxygen atoms in total. The summed E-state index contributed by atoms with van der Waals surface area (Å²) >= 11 is 0. The summed E-state index contributed by atoms with van der Waals surface area (Å²) in [5, 5.41) is 0. The van der Waals surface area contributed by atoms with Crippen molar-refractivity contribution in [2.75, 3.05) is 0 Å². The molecule has 0 radical (unpaired) electrons. The van der Waals surface area contributed by atoms with Gasteiger partial charge in [0.25, 0.3) is 10.1 Å². The monoisotopic (exact) mass is 257 g/mol. The van der Waals surface area contributed by atoms with Crippen LogP contribution < -0.4 is 17.2 Å². The van der Waals surface area contributed by atoms with Crippen LogP contribution in [0.2, 0.25) is 0 Å². The molecule has 9 heteroatoms. The van der Waals surface area contributed by atoms with Crippen LogP contribution in [0.4, 0.5) is 5.69 Å². The van der Waals surface area contributed by atoms with Gasteiger partial charge in [0.05, 0.1) is 5.69 Å². The fraction of sp³-hybridized carbons (Fsp3) is 0. The van der Waals surface area contributed by atoms with E-state index in [1.54, 1.807) is 0 Å². The van der Waals surface area contributed by atoms with Crippen molar-refractivity contribution in [2.45, 2.75) is 4.90 Å². The Kier molecular flexibility index (Phi) is 3.66. The molecule has 7 N–H and O–H groups in total. The molecule has 0 aromatic heterocycles. The molecule has 0 amide bonds. The van der Waals surface area contributed by atoms with E-state index in [2.05, 4.69) is 9.98 Å². The number of para-hydroxylation sites is 1. The van der Waals surface area contributed by atoms with Gasteiger partial charge in [-0.15, -0.1) is 0 Å². The van der Waals surface area contributed by atoms with E-state index in [4.69, 9.17) is 21.8 Å². The van der Waals surface area contributed by atoms with Gasteiger partial charge in [-0.2, -0.15) is 13.4 Å². The lowest BCUT2D eigenvalue weighted by Gasteiger charge is -2.01. The van der Waals surface area contributed by atoms with Gasteiger partial charge in [0.1, 0.15) is 4.90 Å². The van der Waals surface area contributed by atoms with Crippen LogP contribution in [0.5, 0.6) is 0 Å². The highest BCUT2D eigenvalue weighted by Crippen LogP contribution is 2.23. The molecule has 0 fully saturated rings. The van der Waals surface area contributed by atoms with Gasteiger partial charge in [0.15, 0.2) is 5.96 Å². The fourth-order valence-corrected chi connectivity index (χ4v) is 1.68. The van der Waals surface area contributed by atoms with E-state index in [1.807, 2.05) is 0 Å². The topological polar surface area (TPSA) is 157 Å². The highest BCUT2D eigenvalue weighted by atomic mass is 32.2. The second-order valence-electron chi connectivity index (χ2n) is 2.95. The second-order valence-corrected chi connectivity index (χ2v) is 4.34. The third kappa shape index (κ3) is 3.74. The molecule has 0 saturated heterocycles. The van der Waals surface area contributed by atoms with Crippen LogP contribution in [0.1, 0.15) is 0 Å². The maximum absolute atomic E-state index is 11.0. The Hall–Kier alpha value is -2.13. The minimum atomic E-state index is -4.38. The highest BCUT2D eigenvalue weighted by molar-refractivity contribution is 7.86. The Morgan fingerprint density at radius 3 is 2.29 bits per heavy atom. The molecule has 92 valence electrons. The number of benzene rings is 1. The van der Waals surface area contributed by atoms with Crippen molar-refractivity contribution in [3.8, 4) is 0 Å². The van der Waals surface area contributed by atoms with Gasteiger partial charge in [-0.3, -0.25) is 4.55 Å². The Morgan fingerprint density at radius 2 is 1.76 bits per heavy atom. The second kappa shape index (κ2) is 4.80. The largest absolute Gasteiger partial charge is 0.370 e. The highest BCUT2D eigenvalue weighted by Gasteiger charge is 2.14. The summed E-state index contributed by atoms with van der Waals surface area (Å²) in [5.41, 5.74) is 15.4. The summed E-state index contributed by atoms with van der Waals surface area (Å²) in [4.78, 5) is 6.71. The van der Waals surface area contributed by atoms with E-state index in [9.17, 15) is 8.42 Å². The van der Waals surface area contributed by atoms with Gasteiger partial charge < -0.3 is 17.2 Å². The molecular formula is C8H11N5O3S. The van der Waals surface area contributed by atoms with Gasteiger partial charge in [0.2, 0.25) is 5.96 Å². The van der Waals surface area contributed by atoms with Crippen molar-refractivity contribution in [1.82, 2.24) is 0 Å². The van der Waals surface area contributed by atoms with Crippen LogP contribution in [0.3, 0.4) is 0 Å². The van der Waals surface area contributed by atoms with Crippen LogP contribution in [-0.2, 0) is 10.1 Å². The molecule has 0 spiro atoms. The molecule has 0 heterocycles. The number of hydrogen-bond donors (Lipinski definition) is 4. The van der Waals surface area contributed by atoms with E-state index in [0.29, 0.717) is 0 Å². The molecule has 1 rings (SSSR count). The average Bonchev–Trinajstić information content (AvgIpc) is 2.15. The van der Waals surface area contributed by atoms with Crippen LogP contribution in [0, 0.1) is 0 Å². The molecule has 0 unspecified atom stereocenters. The normalized spacial score (nSPS) is 12.2. The maximum Gasteiger partial charge on any atom is 0.296 e. The van der Waals surface area contributed by atoms with Crippen molar-refractivity contribution in [3.63, 3.8) is 0 Å². The Bertz CT molecular complexity index is 575. The van der Waals surface area contributed by atoms with E-state index in [-0.39, 0.29) is 22.5 Å². The Morgan fingerprint density at radius 1 is 1.18 bits per heavy atom. The van der Waals surface area contributed by atoms with Crippen molar-refractivity contribution in [3.05, 3.63) is 24.3 Å². The molecule has 0 saturated carbocycles. The zero-order valence-corrected chi connectivity index (χ0v) is 9.42. The first-order valence-corrected chi connectivity index (χ1v) is 5.75. The molecule has 0 aliphatic heterocycles. The molecular weight excluding hydrogens is 246 g/mol. The van der Waals surface area contributed by atoms with Crippen LogP contribution in [0.15, 0.2) is 39.1 Å². The van der Waals surface area contributed by atoms with Crippen molar-refractivity contribution < 1.29 is 13.0 Å². The quantitative estimate of drug-likeness (QED) is 0.307. The minimum Gasteiger partial charge on any atom is -0.370 e. The molecule has 17 heavy (non-hydrogen) atoms.